The van der Waals surface area contributed by atoms with Gasteiger partial charge in [-0.25, -0.2) is 4.98 Å². The zero-order valence-electron chi connectivity index (χ0n) is 11.1. The molecule has 0 saturated carbocycles. The quantitative estimate of drug-likeness (QED) is 0.652. The van der Waals surface area contributed by atoms with Crippen molar-refractivity contribution in [2.24, 2.45) is 0 Å². The first-order valence-electron chi connectivity index (χ1n) is 6.59. The van der Waals surface area contributed by atoms with Gasteiger partial charge in [-0.2, -0.15) is 0 Å². The van der Waals surface area contributed by atoms with E-state index in [0.29, 0.717) is 0 Å². The molecule has 1 aromatic heterocycles. The van der Waals surface area contributed by atoms with Crippen LogP contribution in [0.4, 0.5) is 0 Å². The van der Waals surface area contributed by atoms with Crippen molar-refractivity contribution in [1.29, 1.82) is 0 Å². The number of rotatable bonds is 10. The van der Waals surface area contributed by atoms with Gasteiger partial charge in [0.25, 0.3) is 0 Å². The smallest absolute Gasteiger partial charge is 0.0795 e. The van der Waals surface area contributed by atoms with E-state index in [-0.39, 0.29) is 0 Å². The molecule has 0 atom stereocenters. The van der Waals surface area contributed by atoms with Crippen molar-refractivity contribution in [3.05, 3.63) is 16.6 Å². The Balaban J connectivity index is 1.92. The summed E-state index contributed by atoms with van der Waals surface area (Å²) in [5.41, 5.74) is 3.10. The van der Waals surface area contributed by atoms with E-state index >= 15 is 0 Å². The standard InChI is InChI=1S/C13H25N3S/c1-3-7-14-8-5-4-6-9-16(2)10-13-11-17-12-15-13/h11-12,14H,3-10H2,1-2H3. The van der Waals surface area contributed by atoms with E-state index < -0.39 is 0 Å². The average molecular weight is 255 g/mol. The molecule has 0 unspecified atom stereocenters. The molecule has 0 aliphatic rings. The van der Waals surface area contributed by atoms with Crippen LogP contribution in [0.3, 0.4) is 0 Å². The first-order valence-corrected chi connectivity index (χ1v) is 7.53. The van der Waals surface area contributed by atoms with Gasteiger partial charge in [-0.1, -0.05) is 13.3 Å². The third kappa shape index (κ3) is 7.47. The molecule has 1 aromatic rings. The Hall–Kier alpha value is -0.450. The summed E-state index contributed by atoms with van der Waals surface area (Å²) in [6.45, 7) is 6.69. The van der Waals surface area contributed by atoms with Crippen LogP contribution in [0.25, 0.3) is 0 Å². The summed E-state index contributed by atoms with van der Waals surface area (Å²) in [5, 5.41) is 5.57. The summed E-state index contributed by atoms with van der Waals surface area (Å²) in [5.74, 6) is 0. The van der Waals surface area contributed by atoms with Crippen molar-refractivity contribution < 1.29 is 0 Å². The Morgan fingerprint density at radius 3 is 2.88 bits per heavy atom. The number of nitrogens with one attached hydrogen (secondary N) is 1. The van der Waals surface area contributed by atoms with Gasteiger partial charge >= 0.3 is 0 Å². The summed E-state index contributed by atoms with van der Waals surface area (Å²) >= 11 is 1.68. The Labute approximate surface area is 109 Å². The van der Waals surface area contributed by atoms with Gasteiger partial charge in [-0.15, -0.1) is 11.3 Å². The average Bonchev–Trinajstić information content (AvgIpc) is 2.80. The van der Waals surface area contributed by atoms with Crippen LogP contribution in [-0.2, 0) is 6.54 Å². The van der Waals surface area contributed by atoms with Crippen molar-refractivity contribution >= 4 is 11.3 Å². The molecular weight excluding hydrogens is 230 g/mol. The summed E-state index contributed by atoms with van der Waals surface area (Å²) in [4.78, 5) is 6.66. The predicted octanol–water partition coefficient (Wildman–Crippen LogP) is 2.74. The minimum atomic E-state index is 0.984. The van der Waals surface area contributed by atoms with Crippen molar-refractivity contribution in [1.82, 2.24) is 15.2 Å². The molecule has 4 heteroatoms. The van der Waals surface area contributed by atoms with Gasteiger partial charge in [0.15, 0.2) is 0 Å². The first kappa shape index (κ1) is 14.6. The maximum atomic E-state index is 4.30. The lowest BCUT2D eigenvalue weighted by Gasteiger charge is -2.14. The highest BCUT2D eigenvalue weighted by Gasteiger charge is 2.01. The van der Waals surface area contributed by atoms with Crippen LogP contribution >= 0.6 is 11.3 Å². The molecule has 3 nitrogen and oxygen atoms in total. The highest BCUT2D eigenvalue weighted by atomic mass is 32.1. The molecule has 1 rings (SSSR count). The van der Waals surface area contributed by atoms with E-state index in [2.05, 4.69) is 34.6 Å². The molecule has 0 bridgehead atoms. The third-order valence-corrected chi connectivity index (χ3v) is 3.37. The van der Waals surface area contributed by atoms with E-state index in [1.165, 1.54) is 44.5 Å². The zero-order chi connectivity index (χ0) is 12.3. The van der Waals surface area contributed by atoms with Crippen molar-refractivity contribution in [3.8, 4) is 0 Å². The highest BCUT2D eigenvalue weighted by molar-refractivity contribution is 7.07. The van der Waals surface area contributed by atoms with E-state index in [1.807, 2.05) is 5.51 Å². The maximum absolute atomic E-state index is 4.30. The molecule has 0 fully saturated rings. The number of hydrogen-bond donors (Lipinski definition) is 1. The summed E-state index contributed by atoms with van der Waals surface area (Å²) in [6, 6.07) is 0. The number of nitrogens with zero attached hydrogens (tertiary/aromatic N) is 2. The number of thiazole rings is 1. The van der Waals surface area contributed by atoms with Gasteiger partial charge in [0.2, 0.25) is 0 Å². The van der Waals surface area contributed by atoms with Gasteiger partial charge in [-0.3, -0.25) is 0 Å². The van der Waals surface area contributed by atoms with E-state index in [9.17, 15) is 0 Å². The first-order chi connectivity index (χ1) is 8.33. The summed E-state index contributed by atoms with van der Waals surface area (Å²) < 4.78 is 0. The molecule has 0 aromatic carbocycles. The number of aromatic nitrogens is 1. The Kier molecular flexibility index (Phi) is 8.22. The summed E-state index contributed by atoms with van der Waals surface area (Å²) in [7, 11) is 2.18. The van der Waals surface area contributed by atoms with E-state index in [1.54, 1.807) is 11.3 Å². The van der Waals surface area contributed by atoms with Crippen molar-refractivity contribution in [2.45, 2.75) is 39.2 Å². The van der Waals surface area contributed by atoms with Gasteiger partial charge < -0.3 is 10.2 Å². The zero-order valence-corrected chi connectivity index (χ0v) is 11.9. The normalized spacial score (nSPS) is 11.2. The SMILES string of the molecule is CCCNCCCCCN(C)Cc1cscn1. The van der Waals surface area contributed by atoms with Crippen LogP contribution in [0.15, 0.2) is 10.9 Å². The molecule has 0 saturated heterocycles. The van der Waals surface area contributed by atoms with Gasteiger partial charge in [0, 0.05) is 11.9 Å². The largest absolute Gasteiger partial charge is 0.317 e. The second kappa shape index (κ2) is 9.57. The fourth-order valence-electron chi connectivity index (χ4n) is 1.78. The monoisotopic (exact) mass is 255 g/mol. The van der Waals surface area contributed by atoms with Gasteiger partial charge in [-0.05, 0) is 45.9 Å². The lowest BCUT2D eigenvalue weighted by molar-refractivity contribution is 0.314. The van der Waals surface area contributed by atoms with E-state index in [0.717, 1.165) is 13.1 Å². The molecule has 0 aliphatic carbocycles. The molecule has 0 radical (unpaired) electrons. The fraction of sp³-hybridized carbons (Fsp3) is 0.769. The molecular formula is C13H25N3S. The van der Waals surface area contributed by atoms with Crippen LogP contribution in [0.2, 0.25) is 0 Å². The maximum Gasteiger partial charge on any atom is 0.0795 e. The summed E-state index contributed by atoms with van der Waals surface area (Å²) in [6.07, 6.45) is 5.13. The molecule has 0 aliphatic heterocycles. The Morgan fingerprint density at radius 2 is 2.18 bits per heavy atom. The Bertz CT molecular complexity index is 262. The van der Waals surface area contributed by atoms with Crippen LogP contribution in [-0.4, -0.2) is 36.6 Å². The highest BCUT2D eigenvalue weighted by Crippen LogP contribution is 2.05. The lowest BCUT2D eigenvalue weighted by atomic mass is 10.2. The van der Waals surface area contributed by atoms with Crippen molar-refractivity contribution in [3.63, 3.8) is 0 Å². The molecule has 17 heavy (non-hydrogen) atoms. The molecule has 1 heterocycles. The van der Waals surface area contributed by atoms with Gasteiger partial charge in [0.05, 0.1) is 11.2 Å². The second-order valence-corrected chi connectivity index (χ2v) is 5.25. The molecule has 1 N–H and O–H groups in total. The Morgan fingerprint density at radius 1 is 1.29 bits per heavy atom. The molecule has 0 amide bonds. The van der Waals surface area contributed by atoms with E-state index in [4.69, 9.17) is 0 Å². The topological polar surface area (TPSA) is 28.2 Å². The molecule has 0 spiro atoms. The second-order valence-electron chi connectivity index (χ2n) is 4.53. The third-order valence-electron chi connectivity index (χ3n) is 2.74. The fourth-order valence-corrected chi connectivity index (χ4v) is 2.33. The van der Waals surface area contributed by atoms with Crippen molar-refractivity contribution in [2.75, 3.05) is 26.7 Å². The number of hydrogen-bond acceptors (Lipinski definition) is 4. The minimum Gasteiger partial charge on any atom is -0.317 e. The van der Waals surface area contributed by atoms with Crippen LogP contribution < -0.4 is 5.32 Å². The number of unbranched alkanes of at least 4 members (excludes halogenated alkanes) is 2. The van der Waals surface area contributed by atoms with Crippen LogP contribution in [0, 0.1) is 0 Å². The van der Waals surface area contributed by atoms with Crippen LogP contribution in [0.1, 0.15) is 38.3 Å². The lowest BCUT2D eigenvalue weighted by Crippen LogP contribution is -2.20. The molecule has 98 valence electrons. The van der Waals surface area contributed by atoms with Gasteiger partial charge in [0.1, 0.15) is 0 Å². The van der Waals surface area contributed by atoms with Crippen LogP contribution in [0.5, 0.6) is 0 Å². The minimum absolute atomic E-state index is 0.984. The predicted molar refractivity (Wildman–Crippen MR) is 75.5 cm³/mol.